The van der Waals surface area contributed by atoms with E-state index in [4.69, 9.17) is 0 Å². The van der Waals surface area contributed by atoms with Crippen molar-refractivity contribution in [1.29, 1.82) is 0 Å². The van der Waals surface area contributed by atoms with Crippen LogP contribution in [0.5, 0.6) is 0 Å². The smallest absolute Gasteiger partial charge is 0.191 e. The van der Waals surface area contributed by atoms with Crippen molar-refractivity contribution in [2.24, 2.45) is 4.99 Å². The Hall–Kier alpha value is -1.52. The van der Waals surface area contributed by atoms with Crippen LogP contribution in [0.15, 0.2) is 17.3 Å². The van der Waals surface area contributed by atoms with Gasteiger partial charge in [-0.1, -0.05) is 13.3 Å². The first-order valence-corrected chi connectivity index (χ1v) is 5.29. The van der Waals surface area contributed by atoms with Crippen molar-refractivity contribution in [2.45, 2.75) is 26.3 Å². The van der Waals surface area contributed by atoms with Crippen molar-refractivity contribution in [2.75, 3.05) is 13.6 Å². The largest absolute Gasteiger partial charge is 0.356 e. The second-order valence-corrected chi connectivity index (χ2v) is 3.29. The van der Waals surface area contributed by atoms with Crippen molar-refractivity contribution in [3.63, 3.8) is 0 Å². The summed E-state index contributed by atoms with van der Waals surface area (Å²) in [5, 5.41) is 13.2. The highest BCUT2D eigenvalue weighted by Crippen LogP contribution is 1.89. The number of aliphatic imine (C=N–C) groups is 1. The lowest BCUT2D eigenvalue weighted by Crippen LogP contribution is -2.37. The first kappa shape index (κ1) is 11.6. The normalized spacial score (nSPS) is 11.5. The minimum absolute atomic E-state index is 0.714. The van der Waals surface area contributed by atoms with Gasteiger partial charge in [-0.05, 0) is 12.5 Å². The number of guanidine groups is 1. The summed E-state index contributed by atoms with van der Waals surface area (Å²) in [7, 11) is 1.77. The number of aromatic nitrogens is 2. The third-order valence-electron chi connectivity index (χ3n) is 2.05. The Morgan fingerprint density at radius 3 is 3.00 bits per heavy atom. The lowest BCUT2D eigenvalue weighted by Gasteiger charge is -2.10. The number of nitrogens with zero attached hydrogens (tertiary/aromatic N) is 2. The monoisotopic (exact) mass is 209 g/mol. The molecule has 1 aromatic rings. The number of hydrogen-bond acceptors (Lipinski definition) is 2. The van der Waals surface area contributed by atoms with E-state index >= 15 is 0 Å². The van der Waals surface area contributed by atoms with Crippen LogP contribution in [0.4, 0.5) is 0 Å². The molecule has 0 atom stereocenters. The van der Waals surface area contributed by atoms with Crippen LogP contribution in [-0.4, -0.2) is 29.7 Å². The molecule has 0 unspecified atom stereocenters. The van der Waals surface area contributed by atoms with Crippen LogP contribution < -0.4 is 10.6 Å². The van der Waals surface area contributed by atoms with Gasteiger partial charge in [0.15, 0.2) is 5.96 Å². The summed E-state index contributed by atoms with van der Waals surface area (Å²) in [4.78, 5) is 4.12. The zero-order valence-corrected chi connectivity index (χ0v) is 9.38. The van der Waals surface area contributed by atoms with E-state index in [2.05, 4.69) is 32.7 Å². The summed E-state index contributed by atoms with van der Waals surface area (Å²) < 4.78 is 0. The summed E-state index contributed by atoms with van der Waals surface area (Å²) in [6, 6.07) is 1.94. The summed E-state index contributed by atoms with van der Waals surface area (Å²) >= 11 is 0. The van der Waals surface area contributed by atoms with Gasteiger partial charge in [-0.3, -0.25) is 10.1 Å². The van der Waals surface area contributed by atoms with Crippen molar-refractivity contribution in [3.8, 4) is 0 Å². The molecule has 15 heavy (non-hydrogen) atoms. The molecule has 0 aliphatic rings. The fourth-order valence-corrected chi connectivity index (χ4v) is 1.17. The molecule has 0 fully saturated rings. The number of unbranched alkanes of at least 4 members (excludes halogenated alkanes) is 1. The Labute approximate surface area is 90.4 Å². The van der Waals surface area contributed by atoms with Gasteiger partial charge in [-0.2, -0.15) is 5.10 Å². The van der Waals surface area contributed by atoms with E-state index in [9.17, 15) is 0 Å². The predicted molar refractivity (Wildman–Crippen MR) is 61.7 cm³/mol. The van der Waals surface area contributed by atoms with E-state index in [1.807, 2.05) is 6.07 Å². The molecule has 0 aromatic carbocycles. The van der Waals surface area contributed by atoms with Gasteiger partial charge in [0.1, 0.15) is 0 Å². The van der Waals surface area contributed by atoms with Gasteiger partial charge in [-0.15, -0.1) is 0 Å². The number of nitrogens with one attached hydrogen (secondary N) is 3. The summed E-state index contributed by atoms with van der Waals surface area (Å²) in [5.74, 6) is 0.832. The molecule has 0 aliphatic carbocycles. The van der Waals surface area contributed by atoms with Gasteiger partial charge in [0.25, 0.3) is 0 Å². The quantitative estimate of drug-likeness (QED) is 0.383. The second-order valence-electron chi connectivity index (χ2n) is 3.29. The molecule has 0 saturated heterocycles. The summed E-state index contributed by atoms with van der Waals surface area (Å²) in [6.45, 7) is 3.84. The average Bonchev–Trinajstić information content (AvgIpc) is 2.76. The highest BCUT2D eigenvalue weighted by atomic mass is 15.2. The zero-order chi connectivity index (χ0) is 10.9. The molecule has 0 bridgehead atoms. The topological polar surface area (TPSA) is 65.1 Å². The van der Waals surface area contributed by atoms with Crippen molar-refractivity contribution >= 4 is 5.96 Å². The van der Waals surface area contributed by atoms with Crippen molar-refractivity contribution in [1.82, 2.24) is 20.8 Å². The molecule has 1 rings (SSSR count). The number of H-pyrrole nitrogens is 1. The average molecular weight is 209 g/mol. The molecule has 5 nitrogen and oxygen atoms in total. The molecular formula is C10H19N5. The second kappa shape index (κ2) is 6.86. The fraction of sp³-hybridized carbons (Fsp3) is 0.600. The Kier molecular flexibility index (Phi) is 5.29. The first-order valence-electron chi connectivity index (χ1n) is 5.29. The van der Waals surface area contributed by atoms with Crippen molar-refractivity contribution in [3.05, 3.63) is 18.0 Å². The maximum Gasteiger partial charge on any atom is 0.191 e. The third kappa shape index (κ3) is 4.49. The summed E-state index contributed by atoms with van der Waals surface area (Å²) in [6.07, 6.45) is 4.08. The lowest BCUT2D eigenvalue weighted by atomic mass is 10.3. The maximum atomic E-state index is 4.12. The van der Waals surface area contributed by atoms with Crippen LogP contribution in [0.25, 0.3) is 0 Å². The molecule has 0 radical (unpaired) electrons. The highest BCUT2D eigenvalue weighted by molar-refractivity contribution is 5.79. The van der Waals surface area contributed by atoms with E-state index in [0.717, 1.165) is 24.6 Å². The molecule has 0 saturated carbocycles. The van der Waals surface area contributed by atoms with E-state index in [1.54, 1.807) is 13.2 Å². The minimum Gasteiger partial charge on any atom is -0.356 e. The maximum absolute atomic E-state index is 4.12. The van der Waals surface area contributed by atoms with E-state index in [0.29, 0.717) is 6.54 Å². The minimum atomic E-state index is 0.714. The molecule has 0 aliphatic heterocycles. The molecule has 1 heterocycles. The third-order valence-corrected chi connectivity index (χ3v) is 2.05. The molecule has 5 heteroatoms. The molecule has 0 amide bonds. The molecule has 84 valence electrons. The van der Waals surface area contributed by atoms with E-state index in [1.165, 1.54) is 6.42 Å². The molecule has 1 aromatic heterocycles. The standard InChI is InChI=1S/C10H19N5/c1-3-4-6-12-10(11-2)13-8-9-5-7-14-15-9/h5,7H,3-4,6,8H2,1-2H3,(H,14,15)(H2,11,12,13). The first-order chi connectivity index (χ1) is 7.36. The number of hydrogen-bond donors (Lipinski definition) is 3. The van der Waals surface area contributed by atoms with Gasteiger partial charge in [-0.25, -0.2) is 0 Å². The zero-order valence-electron chi connectivity index (χ0n) is 9.38. The van der Waals surface area contributed by atoms with Crippen LogP contribution in [0.1, 0.15) is 25.5 Å². The fourth-order valence-electron chi connectivity index (χ4n) is 1.17. The SMILES string of the molecule is CCCCNC(=NC)NCc1ccn[nH]1. The Morgan fingerprint density at radius 1 is 1.53 bits per heavy atom. The molecule has 3 N–H and O–H groups in total. The van der Waals surface area contributed by atoms with Crippen LogP contribution in [0, 0.1) is 0 Å². The van der Waals surface area contributed by atoms with E-state index < -0.39 is 0 Å². The summed E-state index contributed by atoms with van der Waals surface area (Å²) in [5.41, 5.74) is 1.05. The Bertz CT molecular complexity index is 278. The highest BCUT2D eigenvalue weighted by Gasteiger charge is 1.97. The van der Waals surface area contributed by atoms with Crippen LogP contribution in [0.2, 0.25) is 0 Å². The van der Waals surface area contributed by atoms with Gasteiger partial charge < -0.3 is 10.6 Å². The van der Waals surface area contributed by atoms with E-state index in [-0.39, 0.29) is 0 Å². The Morgan fingerprint density at radius 2 is 2.40 bits per heavy atom. The molecular weight excluding hydrogens is 190 g/mol. The van der Waals surface area contributed by atoms with Gasteiger partial charge in [0.05, 0.1) is 12.2 Å². The van der Waals surface area contributed by atoms with Crippen molar-refractivity contribution < 1.29 is 0 Å². The lowest BCUT2D eigenvalue weighted by molar-refractivity contribution is 0.725. The number of rotatable bonds is 5. The van der Waals surface area contributed by atoms with Gasteiger partial charge in [0.2, 0.25) is 0 Å². The predicted octanol–water partition coefficient (Wildman–Crippen LogP) is 0.875. The van der Waals surface area contributed by atoms with Gasteiger partial charge >= 0.3 is 0 Å². The van der Waals surface area contributed by atoms with Crippen LogP contribution in [-0.2, 0) is 6.54 Å². The Balaban J connectivity index is 2.23. The van der Waals surface area contributed by atoms with Crippen LogP contribution in [0.3, 0.4) is 0 Å². The van der Waals surface area contributed by atoms with Gasteiger partial charge in [0, 0.05) is 19.8 Å². The number of aromatic amines is 1. The molecule has 0 spiro atoms. The van der Waals surface area contributed by atoms with Crippen LogP contribution >= 0.6 is 0 Å².